The average molecular weight is 263 g/mol. The summed E-state index contributed by atoms with van der Waals surface area (Å²) in [6.07, 6.45) is 3.19. The lowest BCUT2D eigenvalue weighted by atomic mass is 9.83. The van der Waals surface area contributed by atoms with Gasteiger partial charge in [0, 0.05) is 25.1 Å². The molecule has 1 fully saturated rings. The molecule has 0 aromatic heterocycles. The van der Waals surface area contributed by atoms with Gasteiger partial charge >= 0.3 is 0 Å². The van der Waals surface area contributed by atoms with E-state index in [4.69, 9.17) is 4.74 Å². The number of hydrogen-bond acceptors (Lipinski definition) is 3. The van der Waals surface area contributed by atoms with Crippen LogP contribution in [0.5, 0.6) is 0 Å². The molecule has 19 heavy (non-hydrogen) atoms. The van der Waals surface area contributed by atoms with Gasteiger partial charge in [-0.05, 0) is 31.9 Å². The average Bonchev–Trinajstić information content (AvgIpc) is 2.47. The zero-order valence-corrected chi connectivity index (χ0v) is 11.8. The van der Waals surface area contributed by atoms with E-state index in [1.807, 2.05) is 6.07 Å². The van der Waals surface area contributed by atoms with Gasteiger partial charge in [0.15, 0.2) is 0 Å². The Balaban J connectivity index is 1.81. The second kappa shape index (κ2) is 7.04. The van der Waals surface area contributed by atoms with Gasteiger partial charge in [0.05, 0.1) is 13.2 Å². The molecule has 0 saturated carbocycles. The summed E-state index contributed by atoms with van der Waals surface area (Å²) in [5.41, 5.74) is 1.32. The van der Waals surface area contributed by atoms with E-state index in [1.54, 1.807) is 0 Å². The SMILES string of the molecule is CN(CCc1ccccc1)CC1(CO)CCCOC1. The predicted molar refractivity (Wildman–Crippen MR) is 77.2 cm³/mol. The number of benzene rings is 1. The number of aliphatic hydroxyl groups is 1. The van der Waals surface area contributed by atoms with Crippen LogP contribution in [0.25, 0.3) is 0 Å². The summed E-state index contributed by atoms with van der Waals surface area (Å²) in [6, 6.07) is 10.5. The Labute approximate surface area is 116 Å². The van der Waals surface area contributed by atoms with Gasteiger partial charge in [0.2, 0.25) is 0 Å². The Morgan fingerprint density at radius 2 is 2.11 bits per heavy atom. The molecular weight excluding hydrogens is 238 g/mol. The first-order valence-electron chi connectivity index (χ1n) is 7.15. The van der Waals surface area contributed by atoms with Crippen molar-refractivity contribution in [1.29, 1.82) is 0 Å². The van der Waals surface area contributed by atoms with E-state index in [0.29, 0.717) is 6.61 Å². The Morgan fingerprint density at radius 1 is 1.32 bits per heavy atom. The fourth-order valence-corrected chi connectivity index (χ4v) is 2.83. The van der Waals surface area contributed by atoms with Crippen molar-refractivity contribution in [3.63, 3.8) is 0 Å². The minimum atomic E-state index is -0.0519. The molecule has 1 heterocycles. The molecule has 1 unspecified atom stereocenters. The first-order chi connectivity index (χ1) is 9.24. The molecule has 3 heteroatoms. The van der Waals surface area contributed by atoms with Crippen LogP contribution in [0.2, 0.25) is 0 Å². The van der Waals surface area contributed by atoms with Gasteiger partial charge in [-0.15, -0.1) is 0 Å². The predicted octanol–water partition coefficient (Wildman–Crippen LogP) is 1.95. The normalized spacial score (nSPS) is 23.7. The molecule has 0 radical (unpaired) electrons. The number of rotatable bonds is 6. The van der Waals surface area contributed by atoms with Crippen molar-refractivity contribution in [3.05, 3.63) is 35.9 Å². The highest BCUT2D eigenvalue weighted by Crippen LogP contribution is 2.28. The number of nitrogens with zero attached hydrogens (tertiary/aromatic N) is 1. The number of likely N-dealkylation sites (N-methyl/N-ethyl adjacent to an activating group) is 1. The smallest absolute Gasteiger partial charge is 0.0556 e. The largest absolute Gasteiger partial charge is 0.396 e. The molecule has 1 N–H and O–H groups in total. The second-order valence-corrected chi connectivity index (χ2v) is 5.79. The van der Waals surface area contributed by atoms with Gasteiger partial charge < -0.3 is 14.7 Å². The molecule has 0 aliphatic carbocycles. The molecule has 0 amide bonds. The minimum Gasteiger partial charge on any atom is -0.396 e. The lowest BCUT2D eigenvalue weighted by molar-refractivity contribution is -0.0520. The Bertz CT molecular complexity index is 360. The van der Waals surface area contributed by atoms with Crippen LogP contribution in [0.4, 0.5) is 0 Å². The topological polar surface area (TPSA) is 32.7 Å². The van der Waals surface area contributed by atoms with Crippen molar-refractivity contribution < 1.29 is 9.84 Å². The highest BCUT2D eigenvalue weighted by Gasteiger charge is 2.33. The van der Waals surface area contributed by atoms with Crippen molar-refractivity contribution in [1.82, 2.24) is 4.90 Å². The quantitative estimate of drug-likeness (QED) is 0.851. The molecule has 1 saturated heterocycles. The highest BCUT2D eigenvalue weighted by atomic mass is 16.5. The van der Waals surface area contributed by atoms with Crippen LogP contribution in [0.1, 0.15) is 18.4 Å². The van der Waals surface area contributed by atoms with E-state index in [1.165, 1.54) is 5.56 Å². The zero-order valence-electron chi connectivity index (χ0n) is 11.8. The first kappa shape index (κ1) is 14.5. The molecule has 2 rings (SSSR count). The van der Waals surface area contributed by atoms with E-state index in [0.717, 1.165) is 39.0 Å². The number of hydrogen-bond donors (Lipinski definition) is 1. The maximum Gasteiger partial charge on any atom is 0.0556 e. The number of ether oxygens (including phenoxy) is 1. The summed E-state index contributed by atoms with van der Waals surface area (Å²) in [5.74, 6) is 0. The van der Waals surface area contributed by atoms with Gasteiger partial charge in [-0.25, -0.2) is 0 Å². The van der Waals surface area contributed by atoms with Crippen LogP contribution in [0.15, 0.2) is 30.3 Å². The third-order valence-electron chi connectivity index (χ3n) is 3.97. The molecular formula is C16H25NO2. The Hall–Kier alpha value is -0.900. The maximum absolute atomic E-state index is 9.67. The molecule has 3 nitrogen and oxygen atoms in total. The van der Waals surface area contributed by atoms with Crippen molar-refractivity contribution in [2.24, 2.45) is 5.41 Å². The second-order valence-electron chi connectivity index (χ2n) is 5.79. The minimum absolute atomic E-state index is 0.0519. The van der Waals surface area contributed by atoms with E-state index in [9.17, 15) is 5.11 Å². The molecule has 1 atom stereocenters. The molecule has 1 aromatic carbocycles. The van der Waals surface area contributed by atoms with E-state index in [2.05, 4.69) is 36.2 Å². The third kappa shape index (κ3) is 4.30. The standard InChI is InChI=1S/C16H25NO2/c1-17(10-8-15-6-3-2-4-7-15)12-16(13-18)9-5-11-19-14-16/h2-4,6-7,18H,5,8-14H2,1H3. The van der Waals surface area contributed by atoms with Crippen molar-refractivity contribution in [3.8, 4) is 0 Å². The van der Waals surface area contributed by atoms with Gasteiger partial charge in [-0.2, -0.15) is 0 Å². The fourth-order valence-electron chi connectivity index (χ4n) is 2.83. The van der Waals surface area contributed by atoms with Crippen molar-refractivity contribution in [2.75, 3.05) is 40.0 Å². The van der Waals surface area contributed by atoms with Crippen LogP contribution in [0.3, 0.4) is 0 Å². The Morgan fingerprint density at radius 3 is 2.74 bits per heavy atom. The lowest BCUT2D eigenvalue weighted by Crippen LogP contribution is -2.44. The van der Waals surface area contributed by atoms with Crippen LogP contribution in [-0.2, 0) is 11.2 Å². The first-order valence-corrected chi connectivity index (χ1v) is 7.15. The zero-order chi connectivity index (χ0) is 13.6. The monoisotopic (exact) mass is 263 g/mol. The van der Waals surface area contributed by atoms with E-state index < -0.39 is 0 Å². The molecule has 106 valence electrons. The lowest BCUT2D eigenvalue weighted by Gasteiger charge is -2.38. The fraction of sp³-hybridized carbons (Fsp3) is 0.625. The highest BCUT2D eigenvalue weighted by molar-refractivity contribution is 5.14. The maximum atomic E-state index is 9.67. The van der Waals surface area contributed by atoms with Crippen molar-refractivity contribution >= 4 is 0 Å². The summed E-state index contributed by atoms with van der Waals surface area (Å²) in [4.78, 5) is 2.32. The van der Waals surface area contributed by atoms with Crippen LogP contribution in [0, 0.1) is 5.41 Å². The molecule has 1 aliphatic heterocycles. The summed E-state index contributed by atoms with van der Waals surface area (Å²) >= 11 is 0. The van der Waals surface area contributed by atoms with Crippen LogP contribution >= 0.6 is 0 Å². The Kier molecular flexibility index (Phi) is 5.37. The van der Waals surface area contributed by atoms with Gasteiger partial charge in [0.1, 0.15) is 0 Å². The molecule has 0 spiro atoms. The van der Waals surface area contributed by atoms with Gasteiger partial charge in [-0.1, -0.05) is 30.3 Å². The van der Waals surface area contributed by atoms with E-state index in [-0.39, 0.29) is 12.0 Å². The molecule has 1 aliphatic rings. The summed E-state index contributed by atoms with van der Waals surface area (Å²) in [6.45, 7) is 3.69. The van der Waals surface area contributed by atoms with Gasteiger partial charge in [0.25, 0.3) is 0 Å². The summed E-state index contributed by atoms with van der Waals surface area (Å²) in [5, 5.41) is 9.67. The van der Waals surface area contributed by atoms with Crippen molar-refractivity contribution in [2.45, 2.75) is 19.3 Å². The molecule has 1 aromatic rings. The summed E-state index contributed by atoms with van der Waals surface area (Å²) in [7, 11) is 2.13. The third-order valence-corrected chi connectivity index (χ3v) is 3.97. The van der Waals surface area contributed by atoms with Crippen LogP contribution in [-0.4, -0.2) is 50.0 Å². The molecule has 0 bridgehead atoms. The van der Waals surface area contributed by atoms with Crippen LogP contribution < -0.4 is 0 Å². The van der Waals surface area contributed by atoms with E-state index >= 15 is 0 Å². The number of aliphatic hydroxyl groups excluding tert-OH is 1. The van der Waals surface area contributed by atoms with Gasteiger partial charge in [-0.3, -0.25) is 0 Å². The summed E-state index contributed by atoms with van der Waals surface area (Å²) < 4.78 is 5.55.